The quantitative estimate of drug-likeness (QED) is 0.0660. The van der Waals surface area contributed by atoms with E-state index in [9.17, 15) is 19.2 Å². The van der Waals surface area contributed by atoms with Crippen LogP contribution >= 0.6 is 0 Å². The molecular weight excluding hydrogens is 624 g/mol. The van der Waals surface area contributed by atoms with Gasteiger partial charge in [-0.25, -0.2) is 0 Å². The Labute approximate surface area is 299 Å². The van der Waals surface area contributed by atoms with Crippen molar-refractivity contribution in [2.75, 3.05) is 72.5 Å². The van der Waals surface area contributed by atoms with Crippen LogP contribution < -0.4 is 5.32 Å². The lowest BCUT2D eigenvalue weighted by Gasteiger charge is -2.23. The van der Waals surface area contributed by atoms with Crippen LogP contribution in [0.3, 0.4) is 0 Å². The number of rotatable bonds is 39. The molecule has 1 N–H and O–H groups in total. The smallest absolute Gasteiger partial charge is 0.222 e. The van der Waals surface area contributed by atoms with E-state index in [1.807, 2.05) is 0 Å². The van der Waals surface area contributed by atoms with Gasteiger partial charge in [0.25, 0.3) is 0 Å². The van der Waals surface area contributed by atoms with Gasteiger partial charge in [-0.05, 0) is 33.1 Å². The van der Waals surface area contributed by atoms with Crippen molar-refractivity contribution < 1.29 is 38.1 Å². The summed E-state index contributed by atoms with van der Waals surface area (Å²) in [6.45, 7) is 9.95. The molecule has 0 unspecified atom stereocenters. The molecule has 0 saturated heterocycles. The minimum Gasteiger partial charge on any atom is -0.379 e. The van der Waals surface area contributed by atoms with Crippen molar-refractivity contribution in [2.24, 2.45) is 0 Å². The number of carbonyl (C=O) groups is 4. The predicted molar refractivity (Wildman–Crippen MR) is 197 cm³/mol. The molecule has 0 fully saturated rings. The summed E-state index contributed by atoms with van der Waals surface area (Å²) in [6, 6.07) is 0. The molecule has 0 aromatic rings. The summed E-state index contributed by atoms with van der Waals surface area (Å²) in [5.41, 5.74) is 0. The average molecular weight is 699 g/mol. The second-order valence-electron chi connectivity index (χ2n) is 13.2. The van der Waals surface area contributed by atoms with Crippen LogP contribution in [0.5, 0.6) is 0 Å². The van der Waals surface area contributed by atoms with E-state index in [1.165, 1.54) is 97.3 Å². The highest BCUT2D eigenvalue weighted by Crippen LogP contribution is 2.13. The monoisotopic (exact) mass is 699 g/mol. The standard InChI is InChI=1S/C39H74N2O8/c1-4-5-6-7-8-9-10-11-12-13-14-15-16-17-18-21-38(44)40-25-20-19-22-39(45)41(26-30-48-34-32-46-28-23-36(2)42)27-31-49-35-33-47-29-24-37(3)43/h4-35H2,1-3H3,(H,40,44). The van der Waals surface area contributed by atoms with Gasteiger partial charge in [0, 0.05) is 45.3 Å². The molecule has 0 aromatic carbocycles. The largest absolute Gasteiger partial charge is 0.379 e. The molecule has 0 aliphatic carbocycles. The number of Topliss-reactive ketones (excluding diaryl/α,β-unsaturated/α-hetero) is 2. The second-order valence-corrected chi connectivity index (χ2v) is 13.2. The first kappa shape index (κ1) is 47.1. The van der Waals surface area contributed by atoms with Crippen LogP contribution in [-0.2, 0) is 38.1 Å². The first-order valence-corrected chi connectivity index (χ1v) is 19.7. The number of amides is 2. The lowest BCUT2D eigenvalue weighted by molar-refractivity contribution is -0.133. The van der Waals surface area contributed by atoms with E-state index in [1.54, 1.807) is 4.90 Å². The molecule has 0 saturated carbocycles. The average Bonchev–Trinajstić information content (AvgIpc) is 3.07. The van der Waals surface area contributed by atoms with Crippen molar-refractivity contribution in [3.8, 4) is 0 Å². The van der Waals surface area contributed by atoms with E-state index in [2.05, 4.69) is 12.2 Å². The Hall–Kier alpha value is -1.88. The van der Waals surface area contributed by atoms with Crippen LogP contribution in [0.2, 0.25) is 0 Å². The van der Waals surface area contributed by atoms with E-state index >= 15 is 0 Å². The van der Waals surface area contributed by atoms with Crippen LogP contribution in [0.25, 0.3) is 0 Å². The third-order valence-corrected chi connectivity index (χ3v) is 8.45. The van der Waals surface area contributed by atoms with Gasteiger partial charge in [0.05, 0.1) is 52.9 Å². The van der Waals surface area contributed by atoms with Crippen molar-refractivity contribution in [3.05, 3.63) is 0 Å². The molecule has 10 nitrogen and oxygen atoms in total. The van der Waals surface area contributed by atoms with Gasteiger partial charge in [-0.1, -0.05) is 96.8 Å². The van der Waals surface area contributed by atoms with Crippen LogP contribution in [-0.4, -0.2) is 101 Å². The zero-order valence-corrected chi connectivity index (χ0v) is 31.8. The topological polar surface area (TPSA) is 120 Å². The van der Waals surface area contributed by atoms with Gasteiger partial charge in [0.15, 0.2) is 0 Å². The number of hydrogen-bond acceptors (Lipinski definition) is 8. The maximum Gasteiger partial charge on any atom is 0.222 e. The summed E-state index contributed by atoms with van der Waals surface area (Å²) >= 11 is 0. The van der Waals surface area contributed by atoms with Gasteiger partial charge in [-0.15, -0.1) is 0 Å². The fourth-order valence-electron chi connectivity index (χ4n) is 5.32. The molecule has 0 radical (unpaired) electrons. The van der Waals surface area contributed by atoms with Gasteiger partial charge in [-0.3, -0.25) is 19.2 Å². The van der Waals surface area contributed by atoms with E-state index in [4.69, 9.17) is 18.9 Å². The number of ether oxygens (including phenoxy) is 4. The van der Waals surface area contributed by atoms with Crippen LogP contribution in [0, 0.1) is 0 Å². The highest BCUT2D eigenvalue weighted by atomic mass is 16.5. The minimum absolute atomic E-state index is 0.0340. The van der Waals surface area contributed by atoms with Gasteiger partial charge in [0.1, 0.15) is 11.6 Å². The fourth-order valence-corrected chi connectivity index (χ4v) is 5.32. The Balaban J connectivity index is 3.98. The van der Waals surface area contributed by atoms with E-state index in [-0.39, 0.29) is 23.4 Å². The molecule has 0 atom stereocenters. The molecule has 0 spiro atoms. The van der Waals surface area contributed by atoms with Crippen molar-refractivity contribution in [2.45, 2.75) is 156 Å². The highest BCUT2D eigenvalue weighted by Gasteiger charge is 2.13. The molecule has 2 amide bonds. The zero-order chi connectivity index (χ0) is 36.0. The lowest BCUT2D eigenvalue weighted by atomic mass is 10.0. The third kappa shape index (κ3) is 37.2. The third-order valence-electron chi connectivity index (χ3n) is 8.45. The van der Waals surface area contributed by atoms with Crippen LogP contribution in [0.1, 0.15) is 156 Å². The number of unbranched alkanes of at least 4 members (excludes halogenated alkanes) is 15. The summed E-state index contributed by atoms with van der Waals surface area (Å²) in [6.07, 6.45) is 22.9. The van der Waals surface area contributed by atoms with Crippen molar-refractivity contribution in [1.29, 1.82) is 0 Å². The number of ketones is 2. The molecule has 0 bridgehead atoms. The molecule has 0 aliphatic rings. The Morgan fingerprint density at radius 2 is 0.837 bits per heavy atom. The summed E-state index contributed by atoms with van der Waals surface area (Å²) in [7, 11) is 0. The number of hydrogen-bond donors (Lipinski definition) is 1. The Morgan fingerprint density at radius 1 is 0.449 bits per heavy atom. The second kappa shape index (κ2) is 37.4. The SMILES string of the molecule is CCCCCCCCCCCCCCCCCC(=O)NCCCCC(=O)N(CCOCCOCCC(C)=O)CCOCCOCCC(C)=O. The molecular formula is C39H74N2O8. The molecule has 10 heteroatoms. The maximum atomic E-state index is 13.0. The maximum absolute atomic E-state index is 13.0. The molecule has 0 heterocycles. The molecule has 49 heavy (non-hydrogen) atoms. The van der Waals surface area contributed by atoms with Crippen LogP contribution in [0.15, 0.2) is 0 Å². The highest BCUT2D eigenvalue weighted by molar-refractivity contribution is 5.77. The van der Waals surface area contributed by atoms with E-state index in [0.29, 0.717) is 105 Å². The van der Waals surface area contributed by atoms with Gasteiger partial charge < -0.3 is 29.2 Å². The number of carbonyl (C=O) groups excluding carboxylic acids is 4. The van der Waals surface area contributed by atoms with Gasteiger partial charge >= 0.3 is 0 Å². The molecule has 0 aromatic heterocycles. The van der Waals surface area contributed by atoms with E-state index in [0.717, 1.165) is 19.3 Å². The van der Waals surface area contributed by atoms with Crippen LogP contribution in [0.4, 0.5) is 0 Å². The molecule has 0 rings (SSSR count). The minimum atomic E-state index is 0.0340. The van der Waals surface area contributed by atoms with Gasteiger partial charge in [-0.2, -0.15) is 0 Å². The van der Waals surface area contributed by atoms with E-state index < -0.39 is 0 Å². The summed E-state index contributed by atoms with van der Waals surface area (Å²) in [5, 5.41) is 3.01. The fraction of sp³-hybridized carbons (Fsp3) is 0.897. The Bertz CT molecular complexity index is 765. The van der Waals surface area contributed by atoms with Crippen molar-refractivity contribution >= 4 is 23.4 Å². The first-order valence-electron chi connectivity index (χ1n) is 19.7. The summed E-state index contributed by atoms with van der Waals surface area (Å²) < 4.78 is 22.0. The Morgan fingerprint density at radius 3 is 1.27 bits per heavy atom. The van der Waals surface area contributed by atoms with Gasteiger partial charge in [0.2, 0.25) is 11.8 Å². The normalized spacial score (nSPS) is 11.2. The predicted octanol–water partition coefficient (Wildman–Crippen LogP) is 7.39. The number of nitrogens with one attached hydrogen (secondary N) is 1. The summed E-state index contributed by atoms with van der Waals surface area (Å²) in [5.74, 6) is 0.328. The zero-order valence-electron chi connectivity index (χ0n) is 31.8. The first-order chi connectivity index (χ1) is 23.9. The van der Waals surface area contributed by atoms with Crippen molar-refractivity contribution in [1.82, 2.24) is 10.2 Å². The molecule has 288 valence electrons. The summed E-state index contributed by atoms with van der Waals surface area (Å²) in [4.78, 5) is 48.9. The lowest BCUT2D eigenvalue weighted by Crippen LogP contribution is -2.37. The van der Waals surface area contributed by atoms with Crippen molar-refractivity contribution in [3.63, 3.8) is 0 Å². The number of nitrogens with zero attached hydrogens (tertiary/aromatic N) is 1. The Kier molecular flexibility index (Phi) is 35.9. The molecule has 0 aliphatic heterocycles.